The summed E-state index contributed by atoms with van der Waals surface area (Å²) in [5.41, 5.74) is 3.48. The molecule has 0 bridgehead atoms. The van der Waals surface area contributed by atoms with E-state index in [0.29, 0.717) is 5.75 Å². The van der Waals surface area contributed by atoms with E-state index in [1.165, 1.54) is 23.7 Å². The fourth-order valence-corrected chi connectivity index (χ4v) is 3.73. The number of imidazole rings is 1. The second-order valence-electron chi connectivity index (χ2n) is 6.08. The van der Waals surface area contributed by atoms with E-state index in [1.54, 1.807) is 0 Å². The van der Waals surface area contributed by atoms with E-state index in [4.69, 9.17) is 0 Å². The molecule has 122 valence electrons. The molecule has 3 rings (SSSR count). The summed E-state index contributed by atoms with van der Waals surface area (Å²) in [6, 6.07) is 8.43. The summed E-state index contributed by atoms with van der Waals surface area (Å²) in [4.78, 5) is 18.7. The summed E-state index contributed by atoms with van der Waals surface area (Å²) in [5.74, 6) is 0.702. The molecule has 2 heterocycles. The number of likely N-dealkylation sites (tertiary alicyclic amines) is 1. The average Bonchev–Trinajstić information content (AvgIpc) is 2.95. The maximum atomic E-state index is 12.3. The first-order valence-electron chi connectivity index (χ1n) is 8.14. The number of aryl methyl sites for hydroxylation is 1. The molecule has 1 aliphatic heterocycles. The normalized spacial score (nSPS) is 15.0. The Kier molecular flexibility index (Phi) is 5.06. The van der Waals surface area contributed by atoms with Gasteiger partial charge in [-0.1, -0.05) is 41.6 Å². The number of benzene rings is 1. The fourth-order valence-electron chi connectivity index (χ4n) is 2.88. The predicted molar refractivity (Wildman–Crippen MR) is 94.5 cm³/mol. The molecule has 1 aliphatic rings. The second kappa shape index (κ2) is 7.21. The van der Waals surface area contributed by atoms with Gasteiger partial charge >= 0.3 is 0 Å². The van der Waals surface area contributed by atoms with E-state index in [1.807, 2.05) is 18.1 Å². The molecule has 2 aromatic rings. The van der Waals surface area contributed by atoms with E-state index in [-0.39, 0.29) is 5.91 Å². The maximum absolute atomic E-state index is 12.3. The van der Waals surface area contributed by atoms with E-state index >= 15 is 0 Å². The van der Waals surface area contributed by atoms with Crippen LogP contribution in [0.5, 0.6) is 0 Å². The highest BCUT2D eigenvalue weighted by molar-refractivity contribution is 7.99. The van der Waals surface area contributed by atoms with Crippen molar-refractivity contribution in [2.24, 2.45) is 7.05 Å². The van der Waals surface area contributed by atoms with E-state index in [0.717, 1.165) is 42.3 Å². The van der Waals surface area contributed by atoms with Crippen molar-refractivity contribution in [2.45, 2.75) is 31.3 Å². The van der Waals surface area contributed by atoms with Gasteiger partial charge in [0.2, 0.25) is 5.91 Å². The van der Waals surface area contributed by atoms with Crippen LogP contribution < -0.4 is 0 Å². The van der Waals surface area contributed by atoms with Crippen molar-refractivity contribution in [1.82, 2.24) is 14.5 Å². The first-order chi connectivity index (χ1) is 11.1. The van der Waals surface area contributed by atoms with Gasteiger partial charge in [0.15, 0.2) is 5.16 Å². The van der Waals surface area contributed by atoms with Crippen molar-refractivity contribution in [2.75, 3.05) is 18.8 Å². The minimum Gasteiger partial charge on any atom is -0.342 e. The lowest BCUT2D eigenvalue weighted by Gasteiger charge is -2.26. The standard InChI is InChI=1S/C18H23N3OS/c1-14-6-8-15(9-7-14)16-12-19-18(20(16)2)23-13-17(22)21-10-4-3-5-11-21/h6-9,12H,3-5,10-11,13H2,1-2H3. The van der Waals surface area contributed by atoms with Gasteiger partial charge in [0.25, 0.3) is 0 Å². The van der Waals surface area contributed by atoms with Gasteiger partial charge in [-0.05, 0) is 31.7 Å². The monoisotopic (exact) mass is 329 g/mol. The summed E-state index contributed by atoms with van der Waals surface area (Å²) in [6.07, 6.45) is 5.40. The summed E-state index contributed by atoms with van der Waals surface area (Å²) in [5, 5.41) is 0.894. The molecule has 23 heavy (non-hydrogen) atoms. The van der Waals surface area contributed by atoms with Crippen molar-refractivity contribution < 1.29 is 4.79 Å². The van der Waals surface area contributed by atoms with Crippen LogP contribution in [0, 0.1) is 6.92 Å². The molecule has 1 fully saturated rings. The Morgan fingerprint density at radius 2 is 1.87 bits per heavy atom. The number of hydrogen-bond acceptors (Lipinski definition) is 3. The van der Waals surface area contributed by atoms with Crippen LogP contribution in [-0.2, 0) is 11.8 Å². The first-order valence-corrected chi connectivity index (χ1v) is 9.13. The molecule has 0 unspecified atom stereocenters. The maximum Gasteiger partial charge on any atom is 0.233 e. The molecule has 0 radical (unpaired) electrons. The Balaban J connectivity index is 1.65. The van der Waals surface area contributed by atoms with Crippen LogP contribution in [0.25, 0.3) is 11.3 Å². The molecule has 0 atom stereocenters. The van der Waals surface area contributed by atoms with Gasteiger partial charge in [0, 0.05) is 20.1 Å². The predicted octanol–water partition coefficient (Wildman–Crippen LogP) is 3.50. The van der Waals surface area contributed by atoms with Crippen molar-refractivity contribution in [1.29, 1.82) is 0 Å². The Hall–Kier alpha value is -1.75. The van der Waals surface area contributed by atoms with Gasteiger partial charge in [-0.3, -0.25) is 4.79 Å². The minimum atomic E-state index is 0.231. The molecule has 1 aromatic carbocycles. The number of carbonyl (C=O) groups excluding carboxylic acids is 1. The van der Waals surface area contributed by atoms with E-state index < -0.39 is 0 Å². The Labute approximate surface area is 141 Å². The van der Waals surface area contributed by atoms with Gasteiger partial charge in [0.1, 0.15) is 0 Å². The van der Waals surface area contributed by atoms with Gasteiger partial charge in [-0.15, -0.1) is 0 Å². The van der Waals surface area contributed by atoms with Crippen LogP contribution in [0.15, 0.2) is 35.6 Å². The number of thioether (sulfide) groups is 1. The molecule has 0 spiro atoms. The SMILES string of the molecule is Cc1ccc(-c2cnc(SCC(=O)N3CCCCC3)n2C)cc1. The number of amides is 1. The van der Waals surface area contributed by atoms with Crippen molar-refractivity contribution in [3.05, 3.63) is 36.0 Å². The lowest BCUT2D eigenvalue weighted by molar-refractivity contribution is -0.129. The lowest BCUT2D eigenvalue weighted by Crippen LogP contribution is -2.36. The van der Waals surface area contributed by atoms with Gasteiger partial charge in [0.05, 0.1) is 17.6 Å². The third-order valence-electron chi connectivity index (χ3n) is 4.33. The van der Waals surface area contributed by atoms with Crippen molar-refractivity contribution in [3.63, 3.8) is 0 Å². The summed E-state index contributed by atoms with van der Waals surface area (Å²) in [7, 11) is 2.01. The molecule has 0 saturated carbocycles. The Bertz CT molecular complexity index is 672. The molecule has 5 heteroatoms. The largest absolute Gasteiger partial charge is 0.342 e. The number of rotatable bonds is 4. The minimum absolute atomic E-state index is 0.231. The fraction of sp³-hybridized carbons (Fsp3) is 0.444. The van der Waals surface area contributed by atoms with E-state index in [9.17, 15) is 4.79 Å². The van der Waals surface area contributed by atoms with Crippen molar-refractivity contribution >= 4 is 17.7 Å². The first kappa shape index (κ1) is 16.1. The zero-order valence-corrected chi connectivity index (χ0v) is 14.6. The molecular weight excluding hydrogens is 306 g/mol. The van der Waals surface area contributed by atoms with Gasteiger partial charge < -0.3 is 9.47 Å². The molecule has 0 aliphatic carbocycles. The quantitative estimate of drug-likeness (QED) is 0.806. The van der Waals surface area contributed by atoms with Crippen LogP contribution >= 0.6 is 11.8 Å². The third-order valence-corrected chi connectivity index (χ3v) is 5.36. The summed E-state index contributed by atoms with van der Waals surface area (Å²) < 4.78 is 2.07. The summed E-state index contributed by atoms with van der Waals surface area (Å²) in [6.45, 7) is 3.91. The average molecular weight is 329 g/mol. The van der Waals surface area contributed by atoms with Crippen LogP contribution in [-0.4, -0.2) is 39.2 Å². The number of carbonyl (C=O) groups is 1. The Morgan fingerprint density at radius 1 is 1.17 bits per heavy atom. The molecular formula is C18H23N3OS. The zero-order chi connectivity index (χ0) is 16.2. The highest BCUT2D eigenvalue weighted by Gasteiger charge is 2.18. The van der Waals surface area contributed by atoms with Crippen LogP contribution in [0.2, 0.25) is 0 Å². The lowest BCUT2D eigenvalue weighted by atomic mass is 10.1. The molecule has 0 N–H and O–H groups in total. The Morgan fingerprint density at radius 3 is 2.57 bits per heavy atom. The molecule has 1 saturated heterocycles. The topological polar surface area (TPSA) is 38.1 Å². The highest BCUT2D eigenvalue weighted by Crippen LogP contribution is 2.25. The van der Waals surface area contributed by atoms with Crippen LogP contribution in [0.3, 0.4) is 0 Å². The number of aromatic nitrogens is 2. The molecule has 1 aromatic heterocycles. The smallest absolute Gasteiger partial charge is 0.233 e. The second-order valence-corrected chi connectivity index (χ2v) is 7.02. The van der Waals surface area contributed by atoms with Crippen LogP contribution in [0.4, 0.5) is 0 Å². The zero-order valence-electron chi connectivity index (χ0n) is 13.8. The van der Waals surface area contributed by atoms with Crippen LogP contribution in [0.1, 0.15) is 24.8 Å². The van der Waals surface area contributed by atoms with Crippen molar-refractivity contribution in [3.8, 4) is 11.3 Å². The third kappa shape index (κ3) is 3.78. The van der Waals surface area contributed by atoms with Gasteiger partial charge in [-0.25, -0.2) is 4.98 Å². The highest BCUT2D eigenvalue weighted by atomic mass is 32.2. The number of hydrogen-bond donors (Lipinski definition) is 0. The molecule has 1 amide bonds. The van der Waals surface area contributed by atoms with E-state index in [2.05, 4.69) is 40.7 Å². The van der Waals surface area contributed by atoms with Gasteiger partial charge in [-0.2, -0.15) is 0 Å². The number of nitrogens with zero attached hydrogens (tertiary/aromatic N) is 3. The summed E-state index contributed by atoms with van der Waals surface area (Å²) >= 11 is 1.53. The number of piperidine rings is 1. The molecule has 4 nitrogen and oxygen atoms in total.